The van der Waals surface area contributed by atoms with E-state index in [4.69, 9.17) is 14.2 Å². The molecule has 0 amide bonds. The van der Waals surface area contributed by atoms with Gasteiger partial charge >= 0.3 is 6.18 Å². The predicted molar refractivity (Wildman–Crippen MR) is 126 cm³/mol. The molecule has 174 valence electrons. The fourth-order valence-electron chi connectivity index (χ4n) is 4.63. The Morgan fingerprint density at radius 3 is 2.29 bits per heavy atom. The Morgan fingerprint density at radius 2 is 1.68 bits per heavy atom. The molecule has 3 nitrogen and oxygen atoms in total. The van der Waals surface area contributed by atoms with Crippen molar-refractivity contribution in [3.05, 3.63) is 95.6 Å². The van der Waals surface area contributed by atoms with E-state index < -0.39 is 17.7 Å². The van der Waals surface area contributed by atoms with Crippen LogP contribution in [0.4, 0.5) is 13.2 Å². The van der Waals surface area contributed by atoms with Crippen molar-refractivity contribution in [3.8, 4) is 17.2 Å². The second-order valence-corrected chi connectivity index (χ2v) is 8.34. The molecule has 1 aliphatic heterocycles. The van der Waals surface area contributed by atoms with Gasteiger partial charge in [-0.3, -0.25) is 0 Å². The number of alkyl halides is 3. The Kier molecular flexibility index (Phi) is 5.39. The number of ether oxygens (including phenoxy) is 3. The fourth-order valence-corrected chi connectivity index (χ4v) is 4.63. The van der Waals surface area contributed by atoms with E-state index in [9.17, 15) is 13.2 Å². The highest BCUT2D eigenvalue weighted by molar-refractivity contribution is 5.98. The summed E-state index contributed by atoms with van der Waals surface area (Å²) in [7, 11) is 3.19. The van der Waals surface area contributed by atoms with E-state index in [0.29, 0.717) is 22.8 Å². The van der Waals surface area contributed by atoms with E-state index in [-0.39, 0.29) is 6.42 Å². The van der Waals surface area contributed by atoms with Crippen LogP contribution in [0, 0.1) is 5.92 Å². The zero-order chi connectivity index (χ0) is 23.9. The van der Waals surface area contributed by atoms with E-state index in [1.54, 1.807) is 20.3 Å². The minimum Gasteiger partial charge on any atom is -0.497 e. The lowest BCUT2D eigenvalue weighted by molar-refractivity contribution is -0.160. The fraction of sp³-hybridized carbons (Fsp3) is 0.214. The Hall–Kier alpha value is -3.67. The van der Waals surface area contributed by atoms with Gasteiger partial charge in [-0.25, -0.2) is 0 Å². The lowest BCUT2D eigenvalue weighted by atomic mass is 9.79. The number of allylic oxidation sites excluding steroid dienone is 2. The van der Waals surface area contributed by atoms with Crippen LogP contribution in [0.15, 0.2) is 84.5 Å². The van der Waals surface area contributed by atoms with Gasteiger partial charge in [-0.1, -0.05) is 54.6 Å². The molecule has 0 fully saturated rings. The van der Waals surface area contributed by atoms with E-state index in [1.807, 2.05) is 66.7 Å². The summed E-state index contributed by atoms with van der Waals surface area (Å²) in [5.41, 5.74) is 1.23. The van der Waals surface area contributed by atoms with Crippen molar-refractivity contribution in [2.45, 2.75) is 18.2 Å². The van der Waals surface area contributed by atoms with Gasteiger partial charge < -0.3 is 14.2 Å². The van der Waals surface area contributed by atoms with E-state index in [1.165, 1.54) is 12.2 Å². The van der Waals surface area contributed by atoms with Crippen molar-refractivity contribution in [2.24, 2.45) is 5.92 Å². The second-order valence-electron chi connectivity index (χ2n) is 8.34. The molecule has 1 heterocycles. The van der Waals surface area contributed by atoms with Crippen LogP contribution < -0.4 is 14.2 Å². The minimum absolute atomic E-state index is 0.141. The lowest BCUT2D eigenvalue weighted by Gasteiger charge is -2.38. The summed E-state index contributed by atoms with van der Waals surface area (Å²) in [5, 5.41) is 1.93. The summed E-state index contributed by atoms with van der Waals surface area (Å²) in [5.74, 6) is 0.435. The highest BCUT2D eigenvalue weighted by atomic mass is 19.4. The maximum Gasteiger partial charge on any atom is 0.395 e. The molecular formula is C28H23F3O3. The Balaban J connectivity index is 1.66. The average Bonchev–Trinajstić information content (AvgIpc) is 2.87. The quantitative estimate of drug-likeness (QED) is 0.408. The Morgan fingerprint density at radius 1 is 0.941 bits per heavy atom. The molecule has 0 radical (unpaired) electrons. The van der Waals surface area contributed by atoms with Gasteiger partial charge in [0.1, 0.15) is 17.2 Å². The van der Waals surface area contributed by atoms with Crippen molar-refractivity contribution in [1.29, 1.82) is 0 Å². The van der Waals surface area contributed by atoms with Gasteiger partial charge in [0, 0.05) is 22.6 Å². The number of benzene rings is 3. The molecule has 1 aliphatic carbocycles. The zero-order valence-electron chi connectivity index (χ0n) is 18.7. The van der Waals surface area contributed by atoms with Crippen LogP contribution in [-0.2, 0) is 5.60 Å². The van der Waals surface area contributed by atoms with Crippen LogP contribution in [0.2, 0.25) is 0 Å². The summed E-state index contributed by atoms with van der Waals surface area (Å²) in [6.45, 7) is 0. The topological polar surface area (TPSA) is 27.7 Å². The highest BCUT2D eigenvalue weighted by Crippen LogP contribution is 2.48. The molecule has 2 atom stereocenters. The normalized spacial score (nSPS) is 21.6. The van der Waals surface area contributed by atoms with E-state index >= 15 is 0 Å². The molecule has 0 spiro atoms. The van der Waals surface area contributed by atoms with Gasteiger partial charge in [-0.2, -0.15) is 13.2 Å². The number of methoxy groups -OCH3 is 2. The first-order valence-electron chi connectivity index (χ1n) is 10.9. The van der Waals surface area contributed by atoms with Gasteiger partial charge in [0.25, 0.3) is 0 Å². The summed E-state index contributed by atoms with van der Waals surface area (Å²) in [4.78, 5) is 0. The van der Waals surface area contributed by atoms with Crippen LogP contribution >= 0.6 is 0 Å². The minimum atomic E-state index is -4.28. The van der Waals surface area contributed by atoms with Crippen LogP contribution in [0.3, 0.4) is 0 Å². The SMILES string of the molecule is COc1ccc(C2(C3=CCC(C(F)(F)F)C=C3)C=Cc3c(cc(OC)c4ccccc34)O2)cc1. The number of halogens is 3. The van der Waals surface area contributed by atoms with Crippen molar-refractivity contribution in [2.75, 3.05) is 14.2 Å². The van der Waals surface area contributed by atoms with Crippen molar-refractivity contribution in [3.63, 3.8) is 0 Å². The molecule has 3 aromatic rings. The molecule has 3 aromatic carbocycles. The molecule has 0 bridgehead atoms. The Bertz CT molecular complexity index is 1320. The highest BCUT2D eigenvalue weighted by Gasteiger charge is 2.43. The first kappa shape index (κ1) is 22.1. The second kappa shape index (κ2) is 8.28. The van der Waals surface area contributed by atoms with Crippen molar-refractivity contribution < 1.29 is 27.4 Å². The largest absolute Gasteiger partial charge is 0.497 e. The monoisotopic (exact) mass is 464 g/mol. The van der Waals surface area contributed by atoms with Crippen LogP contribution in [-0.4, -0.2) is 20.4 Å². The van der Waals surface area contributed by atoms with Crippen LogP contribution in [0.25, 0.3) is 16.8 Å². The van der Waals surface area contributed by atoms with Crippen LogP contribution in [0.5, 0.6) is 17.2 Å². The van der Waals surface area contributed by atoms with Gasteiger partial charge in [-0.05, 0) is 41.7 Å². The number of hydrogen-bond acceptors (Lipinski definition) is 3. The molecule has 0 aromatic heterocycles. The standard InChI is InChI=1S/C28H23F3O3/c1-32-21-13-11-19(12-14-21)27(18-7-9-20(10-8-18)28(29,30)31)16-15-24-22-5-3-4-6-23(22)25(33-2)17-26(24)34-27/h3-9,11-17,20H,10H2,1-2H3. The first-order valence-corrected chi connectivity index (χ1v) is 10.9. The molecule has 0 N–H and O–H groups in total. The summed E-state index contributed by atoms with van der Waals surface area (Å²) >= 11 is 0. The molecule has 2 unspecified atom stereocenters. The predicted octanol–water partition coefficient (Wildman–Crippen LogP) is 7.22. The molecule has 0 saturated heterocycles. The number of hydrogen-bond donors (Lipinski definition) is 0. The third kappa shape index (κ3) is 3.63. The number of fused-ring (bicyclic) bond motifs is 3. The van der Waals surface area contributed by atoms with Crippen LogP contribution in [0.1, 0.15) is 17.5 Å². The summed E-state index contributed by atoms with van der Waals surface area (Å²) < 4.78 is 57.5. The van der Waals surface area contributed by atoms with E-state index in [2.05, 4.69) is 0 Å². The summed E-state index contributed by atoms with van der Waals surface area (Å²) in [6.07, 6.45) is 3.84. The average molecular weight is 464 g/mol. The third-order valence-corrected chi connectivity index (χ3v) is 6.45. The van der Waals surface area contributed by atoms with Crippen molar-refractivity contribution >= 4 is 16.8 Å². The lowest BCUT2D eigenvalue weighted by Crippen LogP contribution is -2.36. The maximum atomic E-state index is 13.3. The molecule has 2 aliphatic rings. The Labute approximate surface area is 195 Å². The molecule has 6 heteroatoms. The maximum absolute atomic E-state index is 13.3. The molecular weight excluding hydrogens is 441 g/mol. The zero-order valence-corrected chi connectivity index (χ0v) is 18.7. The first-order chi connectivity index (χ1) is 16.4. The van der Waals surface area contributed by atoms with Gasteiger partial charge in [0.15, 0.2) is 5.60 Å². The molecule has 34 heavy (non-hydrogen) atoms. The van der Waals surface area contributed by atoms with E-state index in [0.717, 1.165) is 21.9 Å². The van der Waals surface area contributed by atoms with Gasteiger partial charge in [0.05, 0.1) is 20.1 Å². The third-order valence-electron chi connectivity index (χ3n) is 6.45. The van der Waals surface area contributed by atoms with Crippen molar-refractivity contribution in [1.82, 2.24) is 0 Å². The van der Waals surface area contributed by atoms with Gasteiger partial charge in [0.2, 0.25) is 0 Å². The number of rotatable bonds is 4. The summed E-state index contributed by atoms with van der Waals surface area (Å²) in [6, 6.07) is 17.1. The smallest absolute Gasteiger partial charge is 0.395 e. The molecule has 0 saturated carbocycles. The van der Waals surface area contributed by atoms with Gasteiger partial charge in [-0.15, -0.1) is 0 Å². The molecule has 5 rings (SSSR count).